The van der Waals surface area contributed by atoms with Gasteiger partial charge in [0, 0.05) is 12.6 Å². The Morgan fingerprint density at radius 1 is 1.64 bits per heavy atom. The number of fused-ring (bicyclic) bond motifs is 1. The average Bonchev–Trinajstić information content (AvgIpc) is 2.38. The van der Waals surface area contributed by atoms with Gasteiger partial charge in [-0.2, -0.15) is 0 Å². The molecule has 0 amide bonds. The average molecular weight is 173 g/mol. The zero-order valence-electron chi connectivity index (χ0n) is 7.12. The monoisotopic (exact) mass is 173 g/mol. The molecule has 1 aliphatic heterocycles. The standard InChI is InChI=1S/C8H16NOP/c1-8(2)5-3-9(11)6(4-10)7(5)8/h5-7,10H,3-4,11H2,1-2H3/t5-,6-,7-/m0/s1. The minimum atomic E-state index is 0.314. The minimum absolute atomic E-state index is 0.314. The smallest absolute Gasteiger partial charge is 0.0592 e. The van der Waals surface area contributed by atoms with Gasteiger partial charge in [-0.25, -0.2) is 0 Å². The highest BCUT2D eigenvalue weighted by Gasteiger charge is 2.65. The summed E-state index contributed by atoms with van der Waals surface area (Å²) in [5, 5.41) is 9.11. The van der Waals surface area contributed by atoms with Crippen LogP contribution in [0.4, 0.5) is 0 Å². The number of hydrogen-bond donors (Lipinski definition) is 1. The van der Waals surface area contributed by atoms with Crippen LogP contribution in [0, 0.1) is 17.3 Å². The molecule has 1 N–H and O–H groups in total. The molecule has 0 aromatic rings. The van der Waals surface area contributed by atoms with Crippen molar-refractivity contribution >= 4 is 9.39 Å². The molecule has 2 aliphatic rings. The van der Waals surface area contributed by atoms with E-state index in [1.54, 1.807) is 0 Å². The fourth-order valence-electron chi connectivity index (χ4n) is 2.69. The summed E-state index contributed by atoms with van der Waals surface area (Å²) in [6.45, 7) is 6.08. The lowest BCUT2D eigenvalue weighted by atomic mass is 10.0. The van der Waals surface area contributed by atoms with Gasteiger partial charge >= 0.3 is 0 Å². The van der Waals surface area contributed by atoms with Crippen molar-refractivity contribution in [2.75, 3.05) is 13.2 Å². The molecule has 0 bridgehead atoms. The summed E-state index contributed by atoms with van der Waals surface area (Å²) in [6, 6.07) is 0.403. The molecule has 4 atom stereocenters. The molecule has 2 nitrogen and oxygen atoms in total. The molecule has 2 rings (SSSR count). The van der Waals surface area contributed by atoms with E-state index in [0.717, 1.165) is 18.4 Å². The zero-order valence-corrected chi connectivity index (χ0v) is 8.27. The third-order valence-corrected chi connectivity index (χ3v) is 4.17. The summed E-state index contributed by atoms with van der Waals surface area (Å²) in [6.07, 6.45) is 0. The Morgan fingerprint density at radius 3 is 2.64 bits per heavy atom. The molecule has 1 saturated heterocycles. The van der Waals surface area contributed by atoms with Crippen LogP contribution < -0.4 is 0 Å². The van der Waals surface area contributed by atoms with Crippen LogP contribution in [0.25, 0.3) is 0 Å². The van der Waals surface area contributed by atoms with Crippen molar-refractivity contribution in [2.45, 2.75) is 19.9 Å². The lowest BCUT2D eigenvalue weighted by Crippen LogP contribution is -2.31. The molecule has 3 heteroatoms. The van der Waals surface area contributed by atoms with Gasteiger partial charge in [0.2, 0.25) is 0 Å². The topological polar surface area (TPSA) is 23.5 Å². The van der Waals surface area contributed by atoms with Crippen molar-refractivity contribution in [1.29, 1.82) is 0 Å². The van der Waals surface area contributed by atoms with Crippen molar-refractivity contribution in [3.63, 3.8) is 0 Å². The Kier molecular flexibility index (Phi) is 1.58. The Labute approximate surface area is 70.2 Å². The van der Waals surface area contributed by atoms with E-state index >= 15 is 0 Å². The lowest BCUT2D eigenvalue weighted by molar-refractivity contribution is 0.181. The summed E-state index contributed by atoms with van der Waals surface area (Å²) in [4.78, 5) is 0. The van der Waals surface area contributed by atoms with Crippen molar-refractivity contribution in [3.8, 4) is 0 Å². The summed E-state index contributed by atoms with van der Waals surface area (Å²) in [5.41, 5.74) is 0.500. The summed E-state index contributed by atoms with van der Waals surface area (Å²) in [5.74, 6) is 1.57. The molecule has 1 heterocycles. The first-order valence-electron chi connectivity index (χ1n) is 4.21. The van der Waals surface area contributed by atoms with Gasteiger partial charge in [0.05, 0.1) is 6.61 Å². The van der Waals surface area contributed by atoms with Crippen LogP contribution in [-0.2, 0) is 0 Å². The Bertz CT molecular complexity index is 183. The molecule has 0 aromatic heterocycles. The Balaban J connectivity index is 2.11. The van der Waals surface area contributed by atoms with Crippen LogP contribution in [0.5, 0.6) is 0 Å². The maximum absolute atomic E-state index is 9.11. The van der Waals surface area contributed by atoms with E-state index in [1.165, 1.54) is 0 Å². The molecule has 1 unspecified atom stereocenters. The highest BCUT2D eigenvalue weighted by Crippen LogP contribution is 2.65. The van der Waals surface area contributed by atoms with Gasteiger partial charge in [0.15, 0.2) is 0 Å². The van der Waals surface area contributed by atoms with Gasteiger partial charge in [-0.3, -0.25) is 4.67 Å². The van der Waals surface area contributed by atoms with Crippen molar-refractivity contribution in [2.24, 2.45) is 17.3 Å². The zero-order chi connectivity index (χ0) is 8.22. The number of hydrogen-bond acceptors (Lipinski definition) is 2. The molecule has 64 valence electrons. The van der Waals surface area contributed by atoms with Gasteiger partial charge < -0.3 is 5.11 Å². The number of piperidine rings is 1. The summed E-state index contributed by atoms with van der Waals surface area (Å²) >= 11 is 0. The minimum Gasteiger partial charge on any atom is -0.395 e. The maximum Gasteiger partial charge on any atom is 0.0592 e. The van der Waals surface area contributed by atoms with Gasteiger partial charge in [-0.15, -0.1) is 0 Å². The second-order valence-electron chi connectivity index (χ2n) is 4.40. The molecule has 2 fully saturated rings. The SMILES string of the molecule is CC1(C)[C@@H]2[C@H](CO)N(P)C[C@@H]21. The van der Waals surface area contributed by atoms with E-state index in [1.807, 2.05) is 0 Å². The molecular weight excluding hydrogens is 157 g/mol. The molecule has 1 saturated carbocycles. The van der Waals surface area contributed by atoms with Crippen LogP contribution in [0.15, 0.2) is 0 Å². The van der Waals surface area contributed by atoms with Crippen LogP contribution in [0.2, 0.25) is 0 Å². The molecule has 0 radical (unpaired) electrons. The second kappa shape index (κ2) is 2.18. The Hall–Kier alpha value is 0.350. The summed E-state index contributed by atoms with van der Waals surface area (Å²) < 4.78 is 2.21. The fourth-order valence-corrected chi connectivity index (χ4v) is 3.19. The maximum atomic E-state index is 9.11. The molecule has 0 spiro atoms. The van der Waals surface area contributed by atoms with Crippen molar-refractivity contribution < 1.29 is 5.11 Å². The predicted molar refractivity (Wildman–Crippen MR) is 48.1 cm³/mol. The predicted octanol–water partition coefficient (Wildman–Crippen LogP) is 0.725. The molecule has 11 heavy (non-hydrogen) atoms. The highest BCUT2D eigenvalue weighted by atomic mass is 31.0. The van der Waals surface area contributed by atoms with E-state index in [0.29, 0.717) is 18.1 Å². The first-order chi connectivity index (χ1) is 5.09. The van der Waals surface area contributed by atoms with Crippen LogP contribution in [0.1, 0.15) is 13.8 Å². The largest absolute Gasteiger partial charge is 0.395 e. The number of nitrogens with zero attached hydrogens (tertiary/aromatic N) is 1. The molecular formula is C8H16NOP. The number of rotatable bonds is 1. The quantitative estimate of drug-likeness (QED) is 0.591. The van der Waals surface area contributed by atoms with E-state index in [9.17, 15) is 0 Å². The molecule has 1 aliphatic carbocycles. The van der Waals surface area contributed by atoms with E-state index < -0.39 is 0 Å². The normalized spacial score (nSPS) is 47.5. The summed E-state index contributed by atoms with van der Waals surface area (Å²) in [7, 11) is 2.71. The van der Waals surface area contributed by atoms with Gasteiger partial charge in [-0.1, -0.05) is 23.2 Å². The van der Waals surface area contributed by atoms with E-state index in [4.69, 9.17) is 5.11 Å². The first-order valence-corrected chi connectivity index (χ1v) is 4.73. The third kappa shape index (κ3) is 0.898. The Morgan fingerprint density at radius 2 is 2.27 bits per heavy atom. The lowest BCUT2D eigenvalue weighted by Gasteiger charge is -2.24. The van der Waals surface area contributed by atoms with Crippen LogP contribution in [-0.4, -0.2) is 29.0 Å². The molecule has 0 aromatic carbocycles. The van der Waals surface area contributed by atoms with Crippen LogP contribution >= 0.6 is 9.39 Å². The second-order valence-corrected chi connectivity index (χ2v) is 5.06. The van der Waals surface area contributed by atoms with Gasteiger partial charge in [0.25, 0.3) is 0 Å². The number of aliphatic hydroxyl groups excluding tert-OH is 1. The third-order valence-electron chi connectivity index (χ3n) is 3.57. The van der Waals surface area contributed by atoms with Crippen LogP contribution in [0.3, 0.4) is 0 Å². The van der Waals surface area contributed by atoms with Gasteiger partial charge in [0.1, 0.15) is 0 Å². The number of aliphatic hydroxyl groups is 1. The van der Waals surface area contributed by atoms with Crippen molar-refractivity contribution in [3.05, 3.63) is 0 Å². The fraction of sp³-hybridized carbons (Fsp3) is 1.00. The van der Waals surface area contributed by atoms with Gasteiger partial charge in [-0.05, 0) is 17.3 Å². The van der Waals surface area contributed by atoms with E-state index in [-0.39, 0.29) is 0 Å². The first kappa shape index (κ1) is 7.97. The van der Waals surface area contributed by atoms with E-state index in [2.05, 4.69) is 27.9 Å². The highest BCUT2D eigenvalue weighted by molar-refractivity contribution is 7.13. The van der Waals surface area contributed by atoms with Crippen molar-refractivity contribution in [1.82, 2.24) is 4.67 Å².